The normalized spacial score (nSPS) is 14.6. The van der Waals surface area contributed by atoms with Gasteiger partial charge in [-0.1, -0.05) is 18.2 Å². The Kier molecular flexibility index (Phi) is 5.27. The number of hydrogen-bond acceptors (Lipinski definition) is 2. The molecule has 0 aliphatic rings. The predicted octanol–water partition coefficient (Wildman–Crippen LogP) is 3.81. The van der Waals surface area contributed by atoms with Gasteiger partial charge in [0.15, 0.2) is 0 Å². The van der Waals surface area contributed by atoms with E-state index >= 15 is 0 Å². The lowest BCUT2D eigenvalue weighted by atomic mass is 10.0. The molecule has 0 aliphatic carbocycles. The molecule has 1 unspecified atom stereocenters. The van der Waals surface area contributed by atoms with E-state index in [4.69, 9.17) is 5.73 Å². The van der Waals surface area contributed by atoms with E-state index in [1.54, 1.807) is 25.1 Å². The van der Waals surface area contributed by atoms with Gasteiger partial charge in [0, 0.05) is 0 Å². The Morgan fingerprint density at radius 3 is 1.95 bits per heavy atom. The van der Waals surface area contributed by atoms with Gasteiger partial charge in [-0.3, -0.25) is 0 Å². The Morgan fingerprint density at radius 1 is 1.00 bits per heavy atom. The molecule has 0 heterocycles. The highest BCUT2D eigenvalue weighted by Gasteiger charge is 2.58. The number of nitrogens with two attached hydrogens (primary N) is 1. The number of hydrogen-bond donors (Lipinski definition) is 1. The van der Waals surface area contributed by atoms with Crippen molar-refractivity contribution in [3.8, 4) is 0 Å². The first-order valence-electron chi connectivity index (χ1n) is 6.00. The van der Waals surface area contributed by atoms with Crippen molar-refractivity contribution in [1.29, 1.82) is 0 Å². The van der Waals surface area contributed by atoms with E-state index in [1.807, 2.05) is 6.92 Å². The second kappa shape index (κ2) is 6.23. The third-order valence-corrected chi connectivity index (χ3v) is 3.00. The molecule has 1 atom stereocenters. The summed E-state index contributed by atoms with van der Waals surface area (Å²) in [4.78, 5) is 0. The molecule has 8 heteroatoms. The smallest absolute Gasteiger partial charge is 0.359 e. The van der Waals surface area contributed by atoms with Crippen LogP contribution in [0.1, 0.15) is 22.7 Å². The van der Waals surface area contributed by atoms with Crippen molar-refractivity contribution in [1.82, 2.24) is 0 Å². The summed E-state index contributed by atoms with van der Waals surface area (Å²) in [5.41, 5.74) is 7.79. The second-order valence-corrected chi connectivity index (χ2v) is 4.75. The molecule has 2 nitrogen and oxygen atoms in total. The van der Waals surface area contributed by atoms with Crippen LogP contribution in [0.4, 0.5) is 26.3 Å². The predicted molar refractivity (Wildman–Crippen MR) is 64.7 cm³/mol. The third kappa shape index (κ3) is 4.89. The zero-order valence-electron chi connectivity index (χ0n) is 11.3. The van der Waals surface area contributed by atoms with Crippen LogP contribution in [0.25, 0.3) is 0 Å². The topological polar surface area (TPSA) is 35.2 Å². The Morgan fingerprint density at radius 2 is 1.52 bits per heavy atom. The molecule has 1 rings (SSSR count). The molecule has 1 aromatic rings. The largest absolute Gasteiger partial charge is 0.423 e. The number of aryl methyl sites for hydroxylation is 2. The Labute approximate surface area is 117 Å². The number of rotatable bonds is 4. The van der Waals surface area contributed by atoms with Crippen molar-refractivity contribution >= 4 is 0 Å². The van der Waals surface area contributed by atoms with Gasteiger partial charge >= 0.3 is 12.4 Å². The maximum absolute atomic E-state index is 12.3. The van der Waals surface area contributed by atoms with E-state index in [2.05, 4.69) is 4.74 Å². The Bertz CT molecular complexity index is 469. The standard InChI is InChI=1S/C13H15F6NO/c1-7-3-4-9(5-8(7)2)10(20)6-21-11(12(14,15)16)13(17,18)19/h3-5,10-11H,6,20H2,1-2H3. The fraction of sp³-hybridized carbons (Fsp3) is 0.538. The first-order valence-corrected chi connectivity index (χ1v) is 6.00. The third-order valence-electron chi connectivity index (χ3n) is 3.00. The summed E-state index contributed by atoms with van der Waals surface area (Å²) in [7, 11) is 0. The monoisotopic (exact) mass is 315 g/mol. The SMILES string of the molecule is Cc1ccc(C(N)COC(C(F)(F)F)C(F)(F)F)cc1C. The molecular weight excluding hydrogens is 300 g/mol. The minimum atomic E-state index is -5.53. The number of ether oxygens (including phenoxy) is 1. The zero-order valence-corrected chi connectivity index (χ0v) is 11.3. The summed E-state index contributed by atoms with van der Waals surface area (Å²) in [5.74, 6) is 0. The highest BCUT2D eigenvalue weighted by molar-refractivity contribution is 5.31. The van der Waals surface area contributed by atoms with Crippen molar-refractivity contribution in [2.24, 2.45) is 5.73 Å². The van der Waals surface area contributed by atoms with Gasteiger partial charge in [-0.2, -0.15) is 26.3 Å². The Balaban J connectivity index is 2.78. The van der Waals surface area contributed by atoms with Crippen LogP contribution < -0.4 is 5.73 Å². The molecule has 1 aromatic carbocycles. The van der Waals surface area contributed by atoms with E-state index in [9.17, 15) is 26.3 Å². The van der Waals surface area contributed by atoms with Crippen LogP contribution in [-0.4, -0.2) is 25.1 Å². The first-order chi connectivity index (χ1) is 9.43. The molecule has 0 saturated heterocycles. The van der Waals surface area contributed by atoms with Crippen molar-refractivity contribution in [2.75, 3.05) is 6.61 Å². The van der Waals surface area contributed by atoms with Crippen molar-refractivity contribution in [3.63, 3.8) is 0 Å². The quantitative estimate of drug-likeness (QED) is 0.858. The summed E-state index contributed by atoms with van der Waals surface area (Å²) in [6.07, 6.45) is -14.9. The van der Waals surface area contributed by atoms with Gasteiger partial charge in [0.05, 0.1) is 12.6 Å². The van der Waals surface area contributed by atoms with E-state index in [1.165, 1.54) is 0 Å². The van der Waals surface area contributed by atoms with Crippen LogP contribution in [0, 0.1) is 13.8 Å². The summed E-state index contributed by atoms with van der Waals surface area (Å²) in [5, 5.41) is 0. The van der Waals surface area contributed by atoms with Crippen LogP contribution >= 0.6 is 0 Å². The molecule has 0 saturated carbocycles. The molecule has 0 amide bonds. The van der Waals surface area contributed by atoms with Crippen molar-refractivity contribution in [3.05, 3.63) is 34.9 Å². The molecule has 21 heavy (non-hydrogen) atoms. The lowest BCUT2D eigenvalue weighted by molar-refractivity contribution is -0.322. The molecule has 0 radical (unpaired) electrons. The van der Waals surface area contributed by atoms with Gasteiger partial charge in [0.2, 0.25) is 6.10 Å². The van der Waals surface area contributed by atoms with Gasteiger partial charge < -0.3 is 10.5 Å². The molecule has 0 spiro atoms. The highest BCUT2D eigenvalue weighted by atomic mass is 19.4. The van der Waals surface area contributed by atoms with E-state index in [-0.39, 0.29) is 0 Å². The van der Waals surface area contributed by atoms with Crippen LogP contribution in [-0.2, 0) is 4.74 Å². The summed E-state index contributed by atoms with van der Waals surface area (Å²) in [6, 6.07) is 3.78. The van der Waals surface area contributed by atoms with Gasteiger partial charge in [0.1, 0.15) is 0 Å². The van der Waals surface area contributed by atoms with E-state index < -0.39 is 31.1 Å². The second-order valence-electron chi connectivity index (χ2n) is 4.75. The number of benzene rings is 1. The summed E-state index contributed by atoms with van der Waals surface area (Å²) in [6.45, 7) is 2.71. The molecule has 0 fully saturated rings. The zero-order chi connectivity index (χ0) is 16.4. The molecule has 0 aromatic heterocycles. The highest BCUT2D eigenvalue weighted by Crippen LogP contribution is 2.36. The molecule has 0 aliphatic heterocycles. The van der Waals surface area contributed by atoms with Gasteiger partial charge in [0.25, 0.3) is 0 Å². The average molecular weight is 315 g/mol. The van der Waals surface area contributed by atoms with E-state index in [0.29, 0.717) is 5.56 Å². The van der Waals surface area contributed by atoms with Crippen LogP contribution in [0.2, 0.25) is 0 Å². The number of alkyl halides is 6. The fourth-order valence-electron chi connectivity index (χ4n) is 1.67. The van der Waals surface area contributed by atoms with Crippen LogP contribution in [0.3, 0.4) is 0 Å². The molecule has 120 valence electrons. The van der Waals surface area contributed by atoms with Gasteiger partial charge in [-0.05, 0) is 30.5 Å². The van der Waals surface area contributed by atoms with Crippen molar-refractivity contribution in [2.45, 2.75) is 38.3 Å². The maximum atomic E-state index is 12.3. The lowest BCUT2D eigenvalue weighted by Crippen LogP contribution is -2.45. The Hall–Kier alpha value is -1.28. The molecule has 0 bridgehead atoms. The minimum absolute atomic E-state index is 0.418. The van der Waals surface area contributed by atoms with E-state index in [0.717, 1.165) is 11.1 Å². The summed E-state index contributed by atoms with van der Waals surface area (Å²) < 4.78 is 77.8. The minimum Gasteiger partial charge on any atom is -0.359 e. The van der Waals surface area contributed by atoms with Crippen LogP contribution in [0.15, 0.2) is 18.2 Å². The van der Waals surface area contributed by atoms with Gasteiger partial charge in [-0.25, -0.2) is 0 Å². The summed E-state index contributed by atoms with van der Waals surface area (Å²) >= 11 is 0. The van der Waals surface area contributed by atoms with Crippen molar-refractivity contribution < 1.29 is 31.1 Å². The number of halogens is 6. The first kappa shape index (κ1) is 17.8. The average Bonchev–Trinajstić information content (AvgIpc) is 2.29. The lowest BCUT2D eigenvalue weighted by Gasteiger charge is -2.24. The maximum Gasteiger partial charge on any atom is 0.423 e. The fourth-order valence-corrected chi connectivity index (χ4v) is 1.67. The molecule has 2 N–H and O–H groups in total. The molecular formula is C13H15F6NO. The van der Waals surface area contributed by atoms with Crippen LogP contribution in [0.5, 0.6) is 0 Å². The van der Waals surface area contributed by atoms with Gasteiger partial charge in [-0.15, -0.1) is 0 Å².